The Labute approximate surface area is 543 Å². The summed E-state index contributed by atoms with van der Waals surface area (Å²) in [6.45, 7) is 11.8. The summed E-state index contributed by atoms with van der Waals surface area (Å²) in [6, 6.07) is 0. The second-order valence-electron chi connectivity index (χ2n) is 26.5. The number of phosphoric acid groups is 2. The molecule has 0 bridgehead atoms. The number of carbonyl (C=O) groups excluding carboxylic acids is 4. The fourth-order valence-electron chi connectivity index (χ4n) is 10.5. The van der Waals surface area contributed by atoms with E-state index in [0.29, 0.717) is 25.7 Å². The molecule has 528 valence electrons. The molecular weight excluding hydrogens is 1170 g/mol. The number of aliphatic hydroxyl groups excluding tert-OH is 1. The molecule has 0 aliphatic rings. The highest BCUT2D eigenvalue weighted by Gasteiger charge is 2.30. The maximum atomic E-state index is 13.0. The largest absolute Gasteiger partial charge is 0.472 e. The zero-order valence-corrected chi connectivity index (χ0v) is 59.7. The minimum Gasteiger partial charge on any atom is -0.462 e. The van der Waals surface area contributed by atoms with Crippen molar-refractivity contribution in [3.8, 4) is 0 Å². The Morgan fingerprint density at radius 2 is 0.573 bits per heavy atom. The molecule has 19 heteroatoms. The first-order chi connectivity index (χ1) is 42.8. The minimum atomic E-state index is -4.95. The summed E-state index contributed by atoms with van der Waals surface area (Å²) in [6.07, 6.45) is 44.4. The average Bonchev–Trinajstić information content (AvgIpc) is 3.71. The van der Waals surface area contributed by atoms with Crippen molar-refractivity contribution in [1.82, 2.24) is 0 Å². The van der Waals surface area contributed by atoms with Gasteiger partial charge in [0.2, 0.25) is 0 Å². The summed E-state index contributed by atoms with van der Waals surface area (Å²) >= 11 is 0. The van der Waals surface area contributed by atoms with Crippen molar-refractivity contribution in [2.24, 2.45) is 17.8 Å². The van der Waals surface area contributed by atoms with Gasteiger partial charge in [0, 0.05) is 25.7 Å². The van der Waals surface area contributed by atoms with Gasteiger partial charge in [-0.3, -0.25) is 37.3 Å². The molecule has 3 unspecified atom stereocenters. The van der Waals surface area contributed by atoms with Crippen LogP contribution in [0.25, 0.3) is 0 Å². The molecule has 0 aliphatic heterocycles. The van der Waals surface area contributed by atoms with Gasteiger partial charge in [0.25, 0.3) is 0 Å². The third kappa shape index (κ3) is 63.2. The number of esters is 4. The van der Waals surface area contributed by atoms with Gasteiger partial charge < -0.3 is 33.8 Å². The molecule has 0 radical (unpaired) electrons. The van der Waals surface area contributed by atoms with Crippen molar-refractivity contribution < 1.29 is 80.2 Å². The Kier molecular flexibility index (Phi) is 59.6. The van der Waals surface area contributed by atoms with E-state index in [0.717, 1.165) is 108 Å². The molecule has 0 spiro atoms. The molecule has 89 heavy (non-hydrogen) atoms. The third-order valence-electron chi connectivity index (χ3n) is 16.5. The zero-order valence-electron chi connectivity index (χ0n) is 57.9. The molecule has 0 saturated heterocycles. The molecule has 0 aliphatic carbocycles. The van der Waals surface area contributed by atoms with E-state index in [1.807, 2.05) is 0 Å². The van der Waals surface area contributed by atoms with Crippen LogP contribution in [0.15, 0.2) is 0 Å². The standard InChI is InChI=1S/C70H136O17P2/c1-8-10-11-12-13-14-24-29-37-44-51-67(72)81-58-66(87-70(75)54-47-40-33-32-36-43-50-63(7)9-2)60-85-89(78,79)83-56-64(71)55-82-88(76,77)84-59-65(57-80-68(73)52-45-38-30-25-21-17-19-23-28-35-42-49-62(5)6)86-69(74)53-46-39-31-26-20-16-15-18-22-27-34-41-48-61(3)4/h61-66,71H,8-60H2,1-7H3,(H,76,77)(H,78,79)/t63?,64-,65-,66-/m1/s1. The number of aliphatic hydroxyl groups is 1. The normalized spacial score (nSPS) is 14.5. The first-order valence-electron chi connectivity index (χ1n) is 36.4. The van der Waals surface area contributed by atoms with E-state index in [9.17, 15) is 43.2 Å². The first kappa shape index (κ1) is 87.1. The number of phosphoric ester groups is 2. The average molecular weight is 1310 g/mol. The van der Waals surface area contributed by atoms with Crippen molar-refractivity contribution in [3.05, 3.63) is 0 Å². The van der Waals surface area contributed by atoms with E-state index in [1.54, 1.807) is 0 Å². The second-order valence-corrected chi connectivity index (χ2v) is 29.4. The van der Waals surface area contributed by atoms with E-state index in [2.05, 4.69) is 48.5 Å². The highest BCUT2D eigenvalue weighted by molar-refractivity contribution is 7.47. The summed E-state index contributed by atoms with van der Waals surface area (Å²) in [5, 5.41) is 10.6. The number of hydrogen-bond donors (Lipinski definition) is 3. The predicted molar refractivity (Wildman–Crippen MR) is 358 cm³/mol. The summed E-state index contributed by atoms with van der Waals surface area (Å²) in [7, 11) is -9.90. The molecule has 0 aromatic heterocycles. The van der Waals surface area contributed by atoms with Gasteiger partial charge in [0.05, 0.1) is 26.4 Å². The highest BCUT2D eigenvalue weighted by Crippen LogP contribution is 2.45. The molecule has 0 aromatic carbocycles. The molecule has 0 heterocycles. The van der Waals surface area contributed by atoms with Crippen LogP contribution in [-0.4, -0.2) is 96.7 Å². The molecular formula is C70H136O17P2. The fraction of sp³-hybridized carbons (Fsp3) is 0.943. The van der Waals surface area contributed by atoms with Gasteiger partial charge in [-0.25, -0.2) is 9.13 Å². The van der Waals surface area contributed by atoms with E-state index in [-0.39, 0.29) is 25.7 Å². The van der Waals surface area contributed by atoms with Gasteiger partial charge in [0.15, 0.2) is 12.2 Å². The Morgan fingerprint density at radius 3 is 0.854 bits per heavy atom. The third-order valence-corrected chi connectivity index (χ3v) is 18.4. The lowest BCUT2D eigenvalue weighted by Gasteiger charge is -2.21. The lowest BCUT2D eigenvalue weighted by molar-refractivity contribution is -0.161. The quantitative estimate of drug-likeness (QED) is 0.0222. The van der Waals surface area contributed by atoms with Crippen molar-refractivity contribution in [3.63, 3.8) is 0 Å². The monoisotopic (exact) mass is 1310 g/mol. The van der Waals surface area contributed by atoms with Crippen LogP contribution in [0.5, 0.6) is 0 Å². The van der Waals surface area contributed by atoms with Gasteiger partial charge in [0.1, 0.15) is 19.3 Å². The molecule has 0 fully saturated rings. The Hall–Kier alpha value is -1.94. The Balaban J connectivity index is 5.25. The second kappa shape index (κ2) is 61.0. The maximum absolute atomic E-state index is 13.0. The van der Waals surface area contributed by atoms with Gasteiger partial charge in [-0.1, -0.05) is 299 Å². The van der Waals surface area contributed by atoms with Crippen LogP contribution in [-0.2, 0) is 65.4 Å². The Morgan fingerprint density at radius 1 is 0.326 bits per heavy atom. The number of unbranched alkanes of at least 4 members (excludes halogenated alkanes) is 35. The number of carbonyl (C=O) groups is 4. The van der Waals surface area contributed by atoms with Crippen LogP contribution >= 0.6 is 15.6 Å². The lowest BCUT2D eigenvalue weighted by Crippen LogP contribution is -2.30. The molecule has 0 aromatic rings. The van der Waals surface area contributed by atoms with Crippen LogP contribution in [0.2, 0.25) is 0 Å². The molecule has 0 rings (SSSR count). The van der Waals surface area contributed by atoms with E-state index >= 15 is 0 Å². The van der Waals surface area contributed by atoms with Gasteiger partial charge >= 0.3 is 39.5 Å². The van der Waals surface area contributed by atoms with Crippen molar-refractivity contribution >= 4 is 39.5 Å². The van der Waals surface area contributed by atoms with Gasteiger partial charge in [-0.05, 0) is 43.4 Å². The van der Waals surface area contributed by atoms with E-state index in [1.165, 1.54) is 161 Å². The topological polar surface area (TPSA) is 237 Å². The van der Waals surface area contributed by atoms with Crippen molar-refractivity contribution in [1.29, 1.82) is 0 Å². The number of hydrogen-bond acceptors (Lipinski definition) is 15. The Bertz CT molecular complexity index is 1750. The predicted octanol–water partition coefficient (Wildman–Crippen LogP) is 19.8. The SMILES string of the molecule is CCCCCCCCCCCCC(=O)OC[C@H](COP(=O)(O)OC[C@H](O)COP(=O)(O)OC[C@@H](COC(=O)CCCCCCCCCCCCCC(C)C)OC(=O)CCCCCCCCCCCCCCC(C)C)OC(=O)CCCCCCCCC(C)CC. The van der Waals surface area contributed by atoms with Crippen LogP contribution < -0.4 is 0 Å². The lowest BCUT2D eigenvalue weighted by atomic mass is 10.00. The van der Waals surface area contributed by atoms with Crippen molar-refractivity contribution in [2.75, 3.05) is 39.6 Å². The van der Waals surface area contributed by atoms with E-state index < -0.39 is 97.5 Å². The summed E-state index contributed by atoms with van der Waals surface area (Å²) in [4.78, 5) is 72.5. The van der Waals surface area contributed by atoms with Crippen LogP contribution in [0.4, 0.5) is 0 Å². The first-order valence-corrected chi connectivity index (χ1v) is 39.4. The van der Waals surface area contributed by atoms with Gasteiger partial charge in [-0.15, -0.1) is 0 Å². The number of rotatable bonds is 68. The smallest absolute Gasteiger partial charge is 0.462 e. The molecule has 0 amide bonds. The van der Waals surface area contributed by atoms with E-state index in [4.69, 9.17) is 37.0 Å². The molecule has 3 N–H and O–H groups in total. The van der Waals surface area contributed by atoms with Crippen LogP contribution in [0, 0.1) is 17.8 Å². The summed E-state index contributed by atoms with van der Waals surface area (Å²) in [5.74, 6) is 0.140. The minimum absolute atomic E-state index is 0.103. The van der Waals surface area contributed by atoms with Crippen molar-refractivity contribution in [2.45, 2.75) is 369 Å². The van der Waals surface area contributed by atoms with Crippen LogP contribution in [0.3, 0.4) is 0 Å². The summed E-state index contributed by atoms with van der Waals surface area (Å²) in [5.41, 5.74) is 0. The fourth-order valence-corrected chi connectivity index (χ4v) is 12.1. The van der Waals surface area contributed by atoms with Crippen LogP contribution in [0.1, 0.15) is 350 Å². The number of ether oxygens (including phenoxy) is 4. The molecule has 17 nitrogen and oxygen atoms in total. The highest BCUT2D eigenvalue weighted by atomic mass is 31.2. The zero-order chi connectivity index (χ0) is 65.9. The van der Waals surface area contributed by atoms with Gasteiger partial charge in [-0.2, -0.15) is 0 Å². The molecule has 0 saturated carbocycles. The molecule has 6 atom stereocenters. The summed E-state index contributed by atoms with van der Waals surface area (Å²) < 4.78 is 68.3. The maximum Gasteiger partial charge on any atom is 0.472 e.